The summed E-state index contributed by atoms with van der Waals surface area (Å²) < 4.78 is 0. The number of nitrogens with zero attached hydrogens (tertiary/aromatic N) is 1. The van der Waals surface area contributed by atoms with Crippen molar-refractivity contribution in [2.45, 2.75) is 32.6 Å². The minimum absolute atomic E-state index is 0.0579. The summed E-state index contributed by atoms with van der Waals surface area (Å²) in [6.45, 7) is 1.96. The van der Waals surface area contributed by atoms with Crippen molar-refractivity contribution in [3.63, 3.8) is 0 Å². The van der Waals surface area contributed by atoms with Crippen LogP contribution in [-0.2, 0) is 4.79 Å². The van der Waals surface area contributed by atoms with Crippen LogP contribution in [0.2, 0.25) is 0 Å². The van der Waals surface area contributed by atoms with E-state index in [9.17, 15) is 14.9 Å². The fraction of sp³-hybridized carbons (Fsp3) is 0.875. The van der Waals surface area contributed by atoms with Gasteiger partial charge in [-0.25, -0.2) is 0 Å². The van der Waals surface area contributed by atoms with Crippen LogP contribution in [0.1, 0.15) is 32.6 Å². The van der Waals surface area contributed by atoms with Gasteiger partial charge in [-0.05, 0) is 6.42 Å². The van der Waals surface area contributed by atoms with Gasteiger partial charge in [0.05, 0.1) is 0 Å². The van der Waals surface area contributed by atoms with Crippen molar-refractivity contribution in [2.24, 2.45) is 5.92 Å². The number of carbonyl (C=O) groups excluding carboxylic acids is 1. The molecule has 0 aliphatic heterocycles. The van der Waals surface area contributed by atoms with Gasteiger partial charge in [-0.3, -0.25) is 10.1 Å². The maximum Gasteiger partial charge on any atom is 0.207 e. The zero-order valence-electron chi connectivity index (χ0n) is 7.36. The summed E-state index contributed by atoms with van der Waals surface area (Å²) in [5.41, 5.74) is 0. The van der Waals surface area contributed by atoms with E-state index in [-0.39, 0.29) is 17.4 Å². The highest BCUT2D eigenvalue weighted by molar-refractivity contribution is 5.49. The summed E-state index contributed by atoms with van der Waals surface area (Å²) >= 11 is 0. The summed E-state index contributed by atoms with van der Waals surface area (Å²) in [4.78, 5) is 19.9. The second kappa shape index (κ2) is 6.76. The Hall–Kier alpha value is -0.930. The molecule has 0 aliphatic carbocycles. The molecule has 1 atom stereocenters. The number of hydrogen-bond acceptors (Lipinski definition) is 3. The third kappa shape index (κ3) is 5.82. The standard InChI is InChI=1S/C8H15NO3/c1-2-3-4-8(5-6-10)7-9(11)12/h6,8H,2-5,7H2,1H3/t8-/m1/s1. The lowest BCUT2D eigenvalue weighted by Crippen LogP contribution is -2.14. The van der Waals surface area contributed by atoms with Crippen LogP contribution < -0.4 is 0 Å². The normalized spacial score (nSPS) is 12.4. The molecule has 0 saturated heterocycles. The summed E-state index contributed by atoms with van der Waals surface area (Å²) in [6, 6.07) is 0. The topological polar surface area (TPSA) is 60.2 Å². The third-order valence-corrected chi connectivity index (χ3v) is 1.80. The van der Waals surface area contributed by atoms with Crippen molar-refractivity contribution in [1.82, 2.24) is 0 Å². The Morgan fingerprint density at radius 3 is 2.67 bits per heavy atom. The quantitative estimate of drug-likeness (QED) is 0.334. The molecule has 0 spiro atoms. The SMILES string of the molecule is CCCC[C@H](CC=O)C[N+](=O)[O-]. The second-order valence-electron chi connectivity index (χ2n) is 2.93. The lowest BCUT2D eigenvalue weighted by atomic mass is 9.99. The van der Waals surface area contributed by atoms with E-state index in [1.54, 1.807) is 0 Å². The number of rotatable bonds is 7. The molecule has 0 bridgehead atoms. The maximum atomic E-state index is 10.1. The van der Waals surface area contributed by atoms with Gasteiger partial charge in [0, 0.05) is 17.3 Å². The fourth-order valence-electron chi connectivity index (χ4n) is 1.12. The van der Waals surface area contributed by atoms with Crippen LogP contribution in [-0.4, -0.2) is 17.8 Å². The van der Waals surface area contributed by atoms with Crippen molar-refractivity contribution in [3.05, 3.63) is 10.1 Å². The van der Waals surface area contributed by atoms with Crippen LogP contribution in [0.15, 0.2) is 0 Å². The first-order valence-electron chi connectivity index (χ1n) is 4.26. The monoisotopic (exact) mass is 173 g/mol. The minimum atomic E-state index is -0.343. The molecule has 0 aromatic carbocycles. The number of unbranched alkanes of at least 4 members (excludes halogenated alkanes) is 1. The van der Waals surface area contributed by atoms with Crippen molar-refractivity contribution >= 4 is 6.29 Å². The zero-order valence-corrected chi connectivity index (χ0v) is 7.36. The Morgan fingerprint density at radius 2 is 2.25 bits per heavy atom. The van der Waals surface area contributed by atoms with Crippen LogP contribution in [0.25, 0.3) is 0 Å². The molecule has 0 N–H and O–H groups in total. The molecular formula is C8H15NO3. The molecule has 0 amide bonds. The Bertz CT molecular complexity index is 147. The van der Waals surface area contributed by atoms with Gasteiger partial charge in [-0.1, -0.05) is 19.8 Å². The Morgan fingerprint density at radius 1 is 1.58 bits per heavy atom. The average Bonchev–Trinajstić information content (AvgIpc) is 2.00. The predicted molar refractivity (Wildman–Crippen MR) is 45.6 cm³/mol. The Kier molecular flexibility index (Phi) is 6.24. The summed E-state index contributed by atoms with van der Waals surface area (Å²) in [7, 11) is 0. The van der Waals surface area contributed by atoms with Gasteiger partial charge in [0.2, 0.25) is 6.54 Å². The van der Waals surface area contributed by atoms with Crippen LogP contribution in [0, 0.1) is 16.0 Å². The first-order chi connectivity index (χ1) is 5.70. The van der Waals surface area contributed by atoms with Gasteiger partial charge in [0.15, 0.2) is 0 Å². The number of hydrogen-bond donors (Lipinski definition) is 0. The average molecular weight is 173 g/mol. The van der Waals surface area contributed by atoms with E-state index in [0.717, 1.165) is 25.5 Å². The molecule has 0 fully saturated rings. The molecule has 0 aliphatic rings. The number of carbonyl (C=O) groups is 1. The molecule has 0 unspecified atom stereocenters. The molecule has 4 heteroatoms. The highest BCUT2D eigenvalue weighted by Crippen LogP contribution is 2.11. The molecule has 0 rings (SSSR count). The summed E-state index contributed by atoms with van der Waals surface area (Å²) in [6.07, 6.45) is 3.86. The van der Waals surface area contributed by atoms with Crippen molar-refractivity contribution in [1.29, 1.82) is 0 Å². The van der Waals surface area contributed by atoms with E-state index in [0.29, 0.717) is 6.42 Å². The highest BCUT2D eigenvalue weighted by atomic mass is 16.6. The lowest BCUT2D eigenvalue weighted by Gasteiger charge is -2.07. The van der Waals surface area contributed by atoms with E-state index < -0.39 is 0 Å². The van der Waals surface area contributed by atoms with E-state index in [2.05, 4.69) is 0 Å². The minimum Gasteiger partial charge on any atom is -0.303 e. The van der Waals surface area contributed by atoms with Crippen LogP contribution in [0.4, 0.5) is 0 Å². The first-order valence-corrected chi connectivity index (χ1v) is 4.26. The Labute approximate surface area is 72.1 Å². The third-order valence-electron chi connectivity index (χ3n) is 1.80. The molecule has 70 valence electrons. The molecule has 0 aromatic heterocycles. The van der Waals surface area contributed by atoms with Crippen molar-refractivity contribution < 1.29 is 9.72 Å². The Balaban J connectivity index is 3.68. The summed E-state index contributed by atoms with van der Waals surface area (Å²) in [5.74, 6) is -0.0579. The van der Waals surface area contributed by atoms with Gasteiger partial charge < -0.3 is 4.79 Å². The molecule has 4 nitrogen and oxygen atoms in total. The number of aldehydes is 1. The van der Waals surface area contributed by atoms with Gasteiger partial charge in [0.25, 0.3) is 0 Å². The van der Waals surface area contributed by atoms with Gasteiger partial charge in [0.1, 0.15) is 6.29 Å². The summed E-state index contributed by atoms with van der Waals surface area (Å²) in [5, 5.41) is 10.1. The second-order valence-corrected chi connectivity index (χ2v) is 2.93. The maximum absolute atomic E-state index is 10.1. The zero-order chi connectivity index (χ0) is 9.40. The van der Waals surface area contributed by atoms with Gasteiger partial charge >= 0.3 is 0 Å². The van der Waals surface area contributed by atoms with E-state index in [1.807, 2.05) is 6.92 Å². The molecule has 0 saturated carbocycles. The predicted octanol–water partition coefficient (Wildman–Crippen LogP) is 1.66. The largest absolute Gasteiger partial charge is 0.303 e. The van der Waals surface area contributed by atoms with Gasteiger partial charge in [-0.2, -0.15) is 0 Å². The number of nitro groups is 1. The van der Waals surface area contributed by atoms with E-state index in [4.69, 9.17) is 0 Å². The molecule has 0 heterocycles. The van der Waals surface area contributed by atoms with Gasteiger partial charge in [-0.15, -0.1) is 0 Å². The van der Waals surface area contributed by atoms with E-state index >= 15 is 0 Å². The molecule has 12 heavy (non-hydrogen) atoms. The van der Waals surface area contributed by atoms with Crippen LogP contribution in [0.3, 0.4) is 0 Å². The van der Waals surface area contributed by atoms with Crippen LogP contribution >= 0.6 is 0 Å². The van der Waals surface area contributed by atoms with Crippen LogP contribution in [0.5, 0.6) is 0 Å². The smallest absolute Gasteiger partial charge is 0.207 e. The van der Waals surface area contributed by atoms with Crippen molar-refractivity contribution in [3.8, 4) is 0 Å². The first kappa shape index (κ1) is 11.1. The van der Waals surface area contributed by atoms with E-state index in [1.165, 1.54) is 0 Å². The molecule has 0 aromatic rings. The van der Waals surface area contributed by atoms with Crippen molar-refractivity contribution in [2.75, 3.05) is 6.54 Å². The fourth-order valence-corrected chi connectivity index (χ4v) is 1.12. The molecular weight excluding hydrogens is 158 g/mol. The lowest BCUT2D eigenvalue weighted by molar-refractivity contribution is -0.488. The molecule has 0 radical (unpaired) electrons. The highest BCUT2D eigenvalue weighted by Gasteiger charge is 2.13.